The zero-order valence-electron chi connectivity index (χ0n) is 12.9. The molecule has 0 spiro atoms. The standard InChI is InChI=1S/C17H21N3O/c1-11(2)19-15-8-14(9-18-10-15)17(21)20-16-7-5-6-12(3)13(16)4/h5-11,19H,1-4H3,(H,20,21). The third-order valence-electron chi connectivity index (χ3n) is 3.31. The third-order valence-corrected chi connectivity index (χ3v) is 3.31. The van der Waals surface area contributed by atoms with Crippen molar-refractivity contribution in [2.24, 2.45) is 0 Å². The Morgan fingerprint density at radius 3 is 2.67 bits per heavy atom. The summed E-state index contributed by atoms with van der Waals surface area (Å²) in [6.07, 6.45) is 3.29. The lowest BCUT2D eigenvalue weighted by atomic mass is 10.1. The molecule has 0 saturated carbocycles. The zero-order chi connectivity index (χ0) is 15.4. The lowest BCUT2D eigenvalue weighted by molar-refractivity contribution is 0.102. The van der Waals surface area contributed by atoms with E-state index in [2.05, 4.69) is 15.6 Å². The summed E-state index contributed by atoms with van der Waals surface area (Å²) in [5.41, 5.74) is 4.46. The van der Waals surface area contributed by atoms with Crippen molar-refractivity contribution in [1.82, 2.24) is 4.98 Å². The molecule has 0 radical (unpaired) electrons. The Hall–Kier alpha value is -2.36. The molecule has 0 atom stereocenters. The summed E-state index contributed by atoms with van der Waals surface area (Å²) in [5.74, 6) is -0.149. The molecule has 21 heavy (non-hydrogen) atoms. The highest BCUT2D eigenvalue weighted by atomic mass is 16.1. The van der Waals surface area contributed by atoms with Gasteiger partial charge in [-0.2, -0.15) is 0 Å². The Labute approximate surface area is 125 Å². The van der Waals surface area contributed by atoms with Crippen LogP contribution >= 0.6 is 0 Å². The lowest BCUT2D eigenvalue weighted by Crippen LogP contribution is -2.15. The summed E-state index contributed by atoms with van der Waals surface area (Å²) in [6, 6.07) is 7.98. The maximum absolute atomic E-state index is 12.3. The van der Waals surface area contributed by atoms with Crippen molar-refractivity contribution < 1.29 is 4.79 Å². The van der Waals surface area contributed by atoms with Crippen molar-refractivity contribution in [3.8, 4) is 0 Å². The largest absolute Gasteiger partial charge is 0.382 e. The lowest BCUT2D eigenvalue weighted by Gasteiger charge is -2.12. The number of rotatable bonds is 4. The Morgan fingerprint density at radius 2 is 1.95 bits per heavy atom. The minimum Gasteiger partial charge on any atom is -0.382 e. The summed E-state index contributed by atoms with van der Waals surface area (Å²) in [4.78, 5) is 16.5. The highest BCUT2D eigenvalue weighted by molar-refractivity contribution is 6.05. The van der Waals surface area contributed by atoms with Gasteiger partial charge in [0.05, 0.1) is 11.3 Å². The molecular weight excluding hydrogens is 262 g/mol. The van der Waals surface area contributed by atoms with Crippen LogP contribution in [0.15, 0.2) is 36.7 Å². The van der Waals surface area contributed by atoms with Crippen LogP contribution in [-0.4, -0.2) is 16.9 Å². The fourth-order valence-corrected chi connectivity index (χ4v) is 2.06. The molecule has 0 saturated heterocycles. The molecule has 0 aliphatic carbocycles. The molecule has 2 rings (SSSR count). The third kappa shape index (κ3) is 3.81. The van der Waals surface area contributed by atoms with Crippen molar-refractivity contribution in [2.75, 3.05) is 10.6 Å². The first-order chi connectivity index (χ1) is 9.97. The molecule has 110 valence electrons. The van der Waals surface area contributed by atoms with Crippen LogP contribution in [0.5, 0.6) is 0 Å². The summed E-state index contributed by atoms with van der Waals surface area (Å²) < 4.78 is 0. The van der Waals surface area contributed by atoms with Gasteiger partial charge < -0.3 is 10.6 Å². The molecule has 1 aromatic heterocycles. The van der Waals surface area contributed by atoms with E-state index in [9.17, 15) is 4.79 Å². The van der Waals surface area contributed by atoms with Crippen LogP contribution in [0.1, 0.15) is 35.3 Å². The molecule has 1 heterocycles. The average Bonchev–Trinajstić information content (AvgIpc) is 2.43. The summed E-state index contributed by atoms with van der Waals surface area (Å²) in [5, 5.41) is 6.18. The molecule has 0 fully saturated rings. The van der Waals surface area contributed by atoms with E-state index in [1.54, 1.807) is 12.4 Å². The molecule has 1 aromatic carbocycles. The molecular formula is C17H21N3O. The Morgan fingerprint density at radius 1 is 1.19 bits per heavy atom. The van der Waals surface area contributed by atoms with Crippen LogP contribution in [0, 0.1) is 13.8 Å². The second-order valence-corrected chi connectivity index (χ2v) is 5.46. The minimum atomic E-state index is -0.149. The number of aryl methyl sites for hydroxylation is 1. The quantitative estimate of drug-likeness (QED) is 0.898. The van der Waals surface area contributed by atoms with Gasteiger partial charge >= 0.3 is 0 Å². The van der Waals surface area contributed by atoms with Crippen molar-refractivity contribution >= 4 is 17.3 Å². The molecule has 1 amide bonds. The monoisotopic (exact) mass is 283 g/mol. The van der Waals surface area contributed by atoms with Gasteiger partial charge in [0.1, 0.15) is 0 Å². The second kappa shape index (κ2) is 6.39. The van der Waals surface area contributed by atoms with Gasteiger partial charge in [-0.1, -0.05) is 12.1 Å². The van der Waals surface area contributed by atoms with E-state index in [-0.39, 0.29) is 5.91 Å². The predicted molar refractivity (Wildman–Crippen MR) is 86.9 cm³/mol. The van der Waals surface area contributed by atoms with Crippen LogP contribution in [0.25, 0.3) is 0 Å². The number of carbonyl (C=O) groups excluding carboxylic acids is 1. The zero-order valence-corrected chi connectivity index (χ0v) is 12.9. The molecule has 2 N–H and O–H groups in total. The van der Waals surface area contributed by atoms with Crippen molar-refractivity contribution in [3.05, 3.63) is 53.3 Å². The topological polar surface area (TPSA) is 54.0 Å². The minimum absolute atomic E-state index is 0.149. The van der Waals surface area contributed by atoms with Crippen molar-refractivity contribution in [1.29, 1.82) is 0 Å². The number of amides is 1. The highest BCUT2D eigenvalue weighted by Gasteiger charge is 2.10. The van der Waals surface area contributed by atoms with Crippen LogP contribution in [0.3, 0.4) is 0 Å². The van der Waals surface area contributed by atoms with Gasteiger partial charge in [-0.15, -0.1) is 0 Å². The first-order valence-corrected chi connectivity index (χ1v) is 7.06. The fourth-order valence-electron chi connectivity index (χ4n) is 2.06. The normalized spacial score (nSPS) is 10.5. The number of hydrogen-bond acceptors (Lipinski definition) is 3. The van der Waals surface area contributed by atoms with Gasteiger partial charge in [0.15, 0.2) is 0 Å². The van der Waals surface area contributed by atoms with Gasteiger partial charge in [-0.3, -0.25) is 9.78 Å². The average molecular weight is 283 g/mol. The Kier molecular flexibility index (Phi) is 4.58. The van der Waals surface area contributed by atoms with Crippen LogP contribution in [0.2, 0.25) is 0 Å². The molecule has 4 heteroatoms. The number of pyridine rings is 1. The summed E-state index contributed by atoms with van der Waals surface area (Å²) >= 11 is 0. The Bertz CT molecular complexity index is 650. The SMILES string of the molecule is Cc1cccc(NC(=O)c2cncc(NC(C)C)c2)c1C. The van der Waals surface area contributed by atoms with E-state index in [0.717, 1.165) is 22.5 Å². The smallest absolute Gasteiger partial charge is 0.257 e. The molecule has 0 aliphatic heterocycles. The molecule has 0 aliphatic rings. The van der Waals surface area contributed by atoms with Crippen LogP contribution in [-0.2, 0) is 0 Å². The summed E-state index contributed by atoms with van der Waals surface area (Å²) in [7, 11) is 0. The maximum atomic E-state index is 12.3. The number of nitrogens with one attached hydrogen (secondary N) is 2. The van der Waals surface area contributed by atoms with E-state index in [4.69, 9.17) is 0 Å². The molecule has 4 nitrogen and oxygen atoms in total. The van der Waals surface area contributed by atoms with Gasteiger partial charge in [-0.05, 0) is 51.0 Å². The predicted octanol–water partition coefficient (Wildman–Crippen LogP) is 3.77. The molecule has 0 unspecified atom stereocenters. The van der Waals surface area contributed by atoms with E-state index < -0.39 is 0 Å². The number of anilines is 2. The van der Waals surface area contributed by atoms with E-state index in [0.29, 0.717) is 11.6 Å². The summed E-state index contributed by atoms with van der Waals surface area (Å²) in [6.45, 7) is 8.12. The van der Waals surface area contributed by atoms with Crippen LogP contribution < -0.4 is 10.6 Å². The van der Waals surface area contributed by atoms with E-state index in [1.165, 1.54) is 0 Å². The number of carbonyl (C=O) groups is 1. The van der Waals surface area contributed by atoms with Gasteiger partial charge in [0, 0.05) is 24.1 Å². The van der Waals surface area contributed by atoms with Crippen LogP contribution in [0.4, 0.5) is 11.4 Å². The Balaban J connectivity index is 2.18. The highest BCUT2D eigenvalue weighted by Crippen LogP contribution is 2.19. The molecule has 0 bridgehead atoms. The van der Waals surface area contributed by atoms with Gasteiger partial charge in [0.2, 0.25) is 0 Å². The number of hydrogen-bond donors (Lipinski definition) is 2. The number of aromatic nitrogens is 1. The van der Waals surface area contributed by atoms with Gasteiger partial charge in [0.25, 0.3) is 5.91 Å². The fraction of sp³-hybridized carbons (Fsp3) is 0.294. The first-order valence-electron chi connectivity index (χ1n) is 7.06. The number of nitrogens with zero attached hydrogens (tertiary/aromatic N) is 1. The van der Waals surface area contributed by atoms with Crippen molar-refractivity contribution in [3.63, 3.8) is 0 Å². The van der Waals surface area contributed by atoms with Gasteiger partial charge in [-0.25, -0.2) is 0 Å². The van der Waals surface area contributed by atoms with Crippen molar-refractivity contribution in [2.45, 2.75) is 33.7 Å². The molecule has 2 aromatic rings. The second-order valence-electron chi connectivity index (χ2n) is 5.46. The van der Waals surface area contributed by atoms with E-state index >= 15 is 0 Å². The van der Waals surface area contributed by atoms with E-state index in [1.807, 2.05) is 52.0 Å². The number of benzene rings is 1. The first kappa shape index (κ1) is 15.0. The maximum Gasteiger partial charge on any atom is 0.257 e.